The van der Waals surface area contributed by atoms with Crippen molar-refractivity contribution in [2.24, 2.45) is 0 Å². The SMILES string of the molecule is CCC(CC)NC(=O)Cn1ccc(CNC(C)C)c1. The highest BCUT2D eigenvalue weighted by atomic mass is 16.2. The van der Waals surface area contributed by atoms with Gasteiger partial charge in [0.25, 0.3) is 0 Å². The number of aromatic nitrogens is 1. The van der Waals surface area contributed by atoms with Gasteiger partial charge in [-0.15, -0.1) is 0 Å². The van der Waals surface area contributed by atoms with Crippen LogP contribution in [-0.2, 0) is 17.9 Å². The van der Waals surface area contributed by atoms with E-state index in [9.17, 15) is 4.79 Å². The number of rotatable bonds is 8. The molecule has 1 rings (SSSR count). The van der Waals surface area contributed by atoms with Crippen molar-refractivity contribution in [1.29, 1.82) is 0 Å². The summed E-state index contributed by atoms with van der Waals surface area (Å²) < 4.78 is 1.94. The van der Waals surface area contributed by atoms with Crippen LogP contribution in [0.5, 0.6) is 0 Å². The zero-order valence-electron chi connectivity index (χ0n) is 12.6. The highest BCUT2D eigenvalue weighted by Gasteiger charge is 2.08. The van der Waals surface area contributed by atoms with E-state index in [2.05, 4.69) is 44.4 Å². The Morgan fingerprint density at radius 1 is 1.32 bits per heavy atom. The maximum Gasteiger partial charge on any atom is 0.240 e. The molecule has 1 heterocycles. The van der Waals surface area contributed by atoms with Gasteiger partial charge in [0.15, 0.2) is 0 Å². The van der Waals surface area contributed by atoms with Gasteiger partial charge in [-0.1, -0.05) is 27.7 Å². The Bertz CT molecular complexity index is 380. The Hall–Kier alpha value is -1.29. The first kappa shape index (κ1) is 15.8. The fourth-order valence-electron chi connectivity index (χ4n) is 1.95. The van der Waals surface area contributed by atoms with Crippen molar-refractivity contribution in [1.82, 2.24) is 15.2 Å². The van der Waals surface area contributed by atoms with Crippen LogP contribution < -0.4 is 10.6 Å². The van der Waals surface area contributed by atoms with Gasteiger partial charge in [-0.2, -0.15) is 0 Å². The Labute approximate surface area is 116 Å². The molecule has 1 amide bonds. The van der Waals surface area contributed by atoms with Crippen molar-refractivity contribution in [3.8, 4) is 0 Å². The third-order valence-corrected chi connectivity index (χ3v) is 3.20. The summed E-state index contributed by atoms with van der Waals surface area (Å²) in [6, 6.07) is 2.83. The lowest BCUT2D eigenvalue weighted by Crippen LogP contribution is -2.36. The maximum absolute atomic E-state index is 11.9. The zero-order chi connectivity index (χ0) is 14.3. The van der Waals surface area contributed by atoms with Crippen molar-refractivity contribution in [3.05, 3.63) is 24.0 Å². The van der Waals surface area contributed by atoms with E-state index in [0.29, 0.717) is 18.6 Å². The van der Waals surface area contributed by atoms with Crippen LogP contribution in [0.25, 0.3) is 0 Å². The molecule has 0 radical (unpaired) electrons. The Kier molecular flexibility index (Phi) is 6.64. The molecular weight excluding hydrogens is 238 g/mol. The molecule has 0 saturated heterocycles. The van der Waals surface area contributed by atoms with E-state index in [4.69, 9.17) is 0 Å². The molecule has 19 heavy (non-hydrogen) atoms. The third-order valence-electron chi connectivity index (χ3n) is 3.20. The van der Waals surface area contributed by atoms with E-state index in [1.807, 2.05) is 17.0 Å². The minimum absolute atomic E-state index is 0.0904. The first-order valence-corrected chi connectivity index (χ1v) is 7.22. The van der Waals surface area contributed by atoms with E-state index in [1.165, 1.54) is 5.56 Å². The smallest absolute Gasteiger partial charge is 0.240 e. The van der Waals surface area contributed by atoms with Crippen LogP contribution in [-0.4, -0.2) is 22.6 Å². The van der Waals surface area contributed by atoms with Crippen molar-refractivity contribution >= 4 is 5.91 Å². The lowest BCUT2D eigenvalue weighted by molar-refractivity contribution is -0.122. The molecule has 1 aromatic heterocycles. The second kappa shape index (κ2) is 8.00. The zero-order valence-corrected chi connectivity index (χ0v) is 12.6. The molecular formula is C15H27N3O. The van der Waals surface area contributed by atoms with Crippen molar-refractivity contribution in [3.63, 3.8) is 0 Å². The van der Waals surface area contributed by atoms with Crippen molar-refractivity contribution in [2.75, 3.05) is 0 Å². The molecule has 1 aromatic rings. The molecule has 0 aliphatic carbocycles. The minimum Gasteiger partial charge on any atom is -0.352 e. The highest BCUT2D eigenvalue weighted by molar-refractivity contribution is 5.76. The quantitative estimate of drug-likeness (QED) is 0.757. The first-order valence-electron chi connectivity index (χ1n) is 7.22. The van der Waals surface area contributed by atoms with E-state index < -0.39 is 0 Å². The molecule has 2 N–H and O–H groups in total. The molecule has 0 fully saturated rings. The molecule has 0 spiro atoms. The van der Waals surface area contributed by atoms with Crippen LogP contribution in [0, 0.1) is 0 Å². The second-order valence-electron chi connectivity index (χ2n) is 5.31. The average molecular weight is 265 g/mol. The number of nitrogens with one attached hydrogen (secondary N) is 2. The summed E-state index contributed by atoms with van der Waals surface area (Å²) >= 11 is 0. The predicted molar refractivity (Wildman–Crippen MR) is 78.9 cm³/mol. The molecule has 0 saturated carbocycles. The molecule has 4 heteroatoms. The van der Waals surface area contributed by atoms with Gasteiger partial charge >= 0.3 is 0 Å². The summed E-state index contributed by atoms with van der Waals surface area (Å²) in [5.41, 5.74) is 1.21. The van der Waals surface area contributed by atoms with E-state index in [-0.39, 0.29) is 5.91 Å². The number of hydrogen-bond acceptors (Lipinski definition) is 2. The Morgan fingerprint density at radius 3 is 2.58 bits per heavy atom. The number of carbonyl (C=O) groups is 1. The highest BCUT2D eigenvalue weighted by Crippen LogP contribution is 2.02. The number of amides is 1. The van der Waals surface area contributed by atoms with Crippen LogP contribution >= 0.6 is 0 Å². The molecule has 0 aliphatic rings. The van der Waals surface area contributed by atoms with Crippen LogP contribution in [0.15, 0.2) is 18.5 Å². The third kappa shape index (κ3) is 5.92. The lowest BCUT2D eigenvalue weighted by atomic mass is 10.2. The normalized spacial score (nSPS) is 11.3. The Balaban J connectivity index is 2.42. The van der Waals surface area contributed by atoms with E-state index >= 15 is 0 Å². The molecule has 0 atom stereocenters. The topological polar surface area (TPSA) is 46.1 Å². The summed E-state index contributed by atoms with van der Waals surface area (Å²) in [6.07, 6.45) is 5.96. The average Bonchev–Trinajstić information content (AvgIpc) is 2.81. The molecule has 108 valence electrons. The first-order chi connectivity index (χ1) is 9.05. The van der Waals surface area contributed by atoms with Gasteiger partial charge in [0, 0.05) is 31.0 Å². The second-order valence-corrected chi connectivity index (χ2v) is 5.31. The largest absolute Gasteiger partial charge is 0.352 e. The van der Waals surface area contributed by atoms with Crippen molar-refractivity contribution in [2.45, 2.75) is 65.7 Å². The molecule has 4 nitrogen and oxygen atoms in total. The molecule has 0 aliphatic heterocycles. The summed E-state index contributed by atoms with van der Waals surface area (Å²) in [5.74, 6) is 0.0904. The van der Waals surface area contributed by atoms with Gasteiger partial charge in [0.2, 0.25) is 5.91 Å². The van der Waals surface area contributed by atoms with Gasteiger partial charge in [0.1, 0.15) is 6.54 Å². The maximum atomic E-state index is 11.9. The van der Waals surface area contributed by atoms with Gasteiger partial charge in [0.05, 0.1) is 0 Å². The number of nitrogens with zero attached hydrogens (tertiary/aromatic N) is 1. The van der Waals surface area contributed by atoms with Gasteiger partial charge in [-0.05, 0) is 24.5 Å². The van der Waals surface area contributed by atoms with Gasteiger partial charge in [-0.25, -0.2) is 0 Å². The van der Waals surface area contributed by atoms with Crippen molar-refractivity contribution < 1.29 is 4.79 Å². The molecule has 0 unspecified atom stereocenters. The van der Waals surface area contributed by atoms with Gasteiger partial charge < -0.3 is 15.2 Å². The summed E-state index contributed by atoms with van der Waals surface area (Å²) in [7, 11) is 0. The van der Waals surface area contributed by atoms with Crippen LogP contribution in [0.4, 0.5) is 0 Å². The standard InChI is InChI=1S/C15H27N3O/c1-5-14(6-2)17-15(19)11-18-8-7-13(10-18)9-16-12(3)4/h7-8,10,12,14,16H,5-6,9,11H2,1-4H3,(H,17,19). The number of hydrogen-bond donors (Lipinski definition) is 2. The minimum atomic E-state index is 0.0904. The van der Waals surface area contributed by atoms with Crippen LogP contribution in [0.1, 0.15) is 46.1 Å². The fraction of sp³-hybridized carbons (Fsp3) is 0.667. The Morgan fingerprint density at radius 2 is 2.00 bits per heavy atom. The van der Waals surface area contributed by atoms with E-state index in [1.54, 1.807) is 0 Å². The van der Waals surface area contributed by atoms with Crippen LogP contribution in [0.3, 0.4) is 0 Å². The predicted octanol–water partition coefficient (Wildman–Crippen LogP) is 2.29. The fourth-order valence-corrected chi connectivity index (χ4v) is 1.95. The summed E-state index contributed by atoms with van der Waals surface area (Å²) in [4.78, 5) is 11.9. The summed E-state index contributed by atoms with van der Waals surface area (Å²) in [5, 5.41) is 6.41. The van der Waals surface area contributed by atoms with E-state index in [0.717, 1.165) is 19.4 Å². The summed E-state index contributed by atoms with van der Waals surface area (Å²) in [6.45, 7) is 9.69. The lowest BCUT2D eigenvalue weighted by Gasteiger charge is -2.14. The number of carbonyl (C=O) groups excluding carboxylic acids is 1. The molecule has 0 aromatic carbocycles. The van der Waals surface area contributed by atoms with Gasteiger partial charge in [-0.3, -0.25) is 4.79 Å². The molecule has 0 bridgehead atoms. The monoisotopic (exact) mass is 265 g/mol. The van der Waals surface area contributed by atoms with Crippen LogP contribution in [0.2, 0.25) is 0 Å².